The van der Waals surface area contributed by atoms with Crippen molar-refractivity contribution in [3.63, 3.8) is 0 Å². The molecular weight excluding hydrogens is 344 g/mol. The van der Waals surface area contributed by atoms with E-state index in [4.69, 9.17) is 14.7 Å². The molecule has 0 radical (unpaired) electrons. The Kier molecular flexibility index (Phi) is 5.55. The van der Waals surface area contributed by atoms with Crippen LogP contribution in [-0.2, 0) is 15.1 Å². The molecule has 1 fully saturated rings. The van der Waals surface area contributed by atoms with Gasteiger partial charge < -0.3 is 14.7 Å². The van der Waals surface area contributed by atoms with Gasteiger partial charge in [-0.2, -0.15) is 0 Å². The summed E-state index contributed by atoms with van der Waals surface area (Å²) in [5.41, 5.74) is 1.25. The molecule has 1 saturated heterocycles. The molecule has 0 saturated carbocycles. The van der Waals surface area contributed by atoms with Gasteiger partial charge >= 0.3 is 0 Å². The van der Waals surface area contributed by atoms with E-state index < -0.39 is 0 Å². The molecule has 7 heteroatoms. The Morgan fingerprint density at radius 1 is 1.33 bits per heavy atom. The fourth-order valence-electron chi connectivity index (χ4n) is 2.69. The summed E-state index contributed by atoms with van der Waals surface area (Å²) in [6, 6.07) is 7.91. The van der Waals surface area contributed by atoms with Gasteiger partial charge in [-0.3, -0.25) is 0 Å². The number of methoxy groups -OCH3 is 1. The summed E-state index contributed by atoms with van der Waals surface area (Å²) in [5.74, 6) is 0. The van der Waals surface area contributed by atoms with Crippen molar-refractivity contribution in [3.8, 4) is 0 Å². The second kappa shape index (κ2) is 7.65. The average Bonchev–Trinajstić information content (AvgIpc) is 3.11. The minimum atomic E-state index is -0.257. The van der Waals surface area contributed by atoms with Crippen LogP contribution in [0.5, 0.6) is 0 Å². The van der Waals surface area contributed by atoms with Gasteiger partial charge in [0.15, 0.2) is 4.34 Å². The van der Waals surface area contributed by atoms with E-state index >= 15 is 0 Å². The standard InChI is InChI=1S/C17H20N2O3S2/c1-12(19-20)13-3-5-14(6-4-13)23-16-18-11-15(24-16)17(21-2)7-9-22-10-8-17/h3-6,11,20H,7-10H2,1-2H3/b19-12+. The van der Waals surface area contributed by atoms with Crippen LogP contribution < -0.4 is 0 Å². The maximum atomic E-state index is 8.82. The van der Waals surface area contributed by atoms with Crippen LogP contribution in [0.2, 0.25) is 0 Å². The van der Waals surface area contributed by atoms with Crippen molar-refractivity contribution in [2.75, 3.05) is 20.3 Å². The number of rotatable bonds is 5. The summed E-state index contributed by atoms with van der Waals surface area (Å²) in [6.45, 7) is 3.22. The smallest absolute Gasteiger partial charge is 0.154 e. The van der Waals surface area contributed by atoms with E-state index in [1.807, 2.05) is 30.5 Å². The van der Waals surface area contributed by atoms with Crippen LogP contribution in [0.1, 0.15) is 30.2 Å². The normalized spacial score (nSPS) is 17.8. The highest BCUT2D eigenvalue weighted by atomic mass is 32.2. The van der Waals surface area contributed by atoms with E-state index in [0.29, 0.717) is 5.71 Å². The fraction of sp³-hybridized carbons (Fsp3) is 0.412. The highest BCUT2D eigenvalue weighted by Gasteiger charge is 2.36. The van der Waals surface area contributed by atoms with E-state index in [9.17, 15) is 0 Å². The lowest BCUT2D eigenvalue weighted by atomic mass is 9.93. The lowest BCUT2D eigenvalue weighted by Crippen LogP contribution is -2.34. The van der Waals surface area contributed by atoms with E-state index in [-0.39, 0.29) is 5.60 Å². The van der Waals surface area contributed by atoms with Gasteiger partial charge in [0, 0.05) is 44.3 Å². The van der Waals surface area contributed by atoms with Gasteiger partial charge in [0.1, 0.15) is 5.60 Å². The number of hydrogen-bond acceptors (Lipinski definition) is 7. The number of thiazole rings is 1. The zero-order valence-electron chi connectivity index (χ0n) is 13.7. The summed E-state index contributed by atoms with van der Waals surface area (Å²) >= 11 is 3.31. The Hall–Kier alpha value is -1.41. The first-order valence-corrected chi connectivity index (χ1v) is 9.36. The molecule has 1 N–H and O–H groups in total. The van der Waals surface area contributed by atoms with Crippen LogP contribution in [0, 0.1) is 0 Å². The highest BCUT2D eigenvalue weighted by molar-refractivity contribution is 8.01. The summed E-state index contributed by atoms with van der Waals surface area (Å²) in [7, 11) is 1.77. The van der Waals surface area contributed by atoms with Crippen LogP contribution in [0.15, 0.2) is 44.9 Å². The van der Waals surface area contributed by atoms with Crippen molar-refractivity contribution >= 4 is 28.8 Å². The fourth-order valence-corrected chi connectivity index (χ4v) is 4.87. The molecule has 1 aliphatic heterocycles. The number of oxime groups is 1. The second-order valence-electron chi connectivity index (χ2n) is 5.61. The third kappa shape index (κ3) is 3.64. The number of benzene rings is 1. The summed E-state index contributed by atoms with van der Waals surface area (Å²) < 4.78 is 12.3. The lowest BCUT2D eigenvalue weighted by molar-refractivity contribution is -0.0926. The van der Waals surface area contributed by atoms with Crippen LogP contribution in [0.4, 0.5) is 0 Å². The van der Waals surface area contributed by atoms with E-state index in [1.54, 1.807) is 37.1 Å². The van der Waals surface area contributed by atoms with Crippen LogP contribution in [0.3, 0.4) is 0 Å². The second-order valence-corrected chi connectivity index (χ2v) is 7.96. The Morgan fingerprint density at radius 3 is 2.67 bits per heavy atom. The molecule has 0 spiro atoms. The predicted molar refractivity (Wildman–Crippen MR) is 95.4 cm³/mol. The summed E-state index contributed by atoms with van der Waals surface area (Å²) in [4.78, 5) is 6.81. The monoisotopic (exact) mass is 364 g/mol. The highest BCUT2D eigenvalue weighted by Crippen LogP contribution is 2.41. The maximum Gasteiger partial charge on any atom is 0.154 e. The molecule has 24 heavy (non-hydrogen) atoms. The van der Waals surface area contributed by atoms with Crippen molar-refractivity contribution in [2.45, 2.75) is 34.6 Å². The van der Waals surface area contributed by atoms with Crippen LogP contribution >= 0.6 is 23.1 Å². The first-order chi connectivity index (χ1) is 11.7. The van der Waals surface area contributed by atoms with Crippen LogP contribution in [0.25, 0.3) is 0 Å². The molecule has 1 aromatic heterocycles. The Bertz CT molecular complexity index is 707. The molecule has 2 aromatic rings. The molecule has 0 bridgehead atoms. The summed E-state index contributed by atoms with van der Waals surface area (Å²) in [5, 5.41) is 12.0. The number of hydrogen-bond donors (Lipinski definition) is 1. The molecule has 3 rings (SSSR count). The zero-order valence-corrected chi connectivity index (χ0v) is 15.3. The van der Waals surface area contributed by atoms with Crippen LogP contribution in [-0.4, -0.2) is 36.2 Å². The lowest BCUT2D eigenvalue weighted by Gasteiger charge is -2.34. The third-order valence-corrected chi connectivity index (χ3v) is 6.52. The number of ether oxygens (including phenoxy) is 2. The van der Waals surface area contributed by atoms with E-state index in [0.717, 1.165) is 45.7 Å². The first kappa shape index (κ1) is 17.4. The number of nitrogens with zero attached hydrogens (tertiary/aromatic N) is 2. The molecule has 128 valence electrons. The molecule has 0 aliphatic carbocycles. The van der Waals surface area contributed by atoms with Gasteiger partial charge in [-0.1, -0.05) is 29.1 Å². The first-order valence-electron chi connectivity index (χ1n) is 7.73. The Labute approximate surface area is 149 Å². The molecular formula is C17H20N2O3S2. The Morgan fingerprint density at radius 2 is 2.04 bits per heavy atom. The van der Waals surface area contributed by atoms with Crippen molar-refractivity contribution < 1.29 is 14.7 Å². The molecule has 0 atom stereocenters. The van der Waals surface area contributed by atoms with Gasteiger partial charge in [-0.15, -0.1) is 11.3 Å². The van der Waals surface area contributed by atoms with Crippen molar-refractivity contribution in [3.05, 3.63) is 40.9 Å². The van der Waals surface area contributed by atoms with E-state index in [2.05, 4.69) is 10.1 Å². The topological polar surface area (TPSA) is 63.9 Å². The number of aromatic nitrogens is 1. The predicted octanol–water partition coefficient (Wildman–Crippen LogP) is 4.14. The largest absolute Gasteiger partial charge is 0.411 e. The molecule has 5 nitrogen and oxygen atoms in total. The zero-order chi connectivity index (χ0) is 17.0. The quantitative estimate of drug-likeness (QED) is 0.491. The van der Waals surface area contributed by atoms with Gasteiger partial charge in [-0.25, -0.2) is 4.98 Å². The van der Waals surface area contributed by atoms with Crippen molar-refractivity contribution in [1.29, 1.82) is 0 Å². The maximum absolute atomic E-state index is 8.82. The third-order valence-electron chi connectivity index (χ3n) is 4.25. The molecule has 0 amide bonds. The van der Waals surface area contributed by atoms with Gasteiger partial charge in [0.05, 0.1) is 10.6 Å². The summed E-state index contributed by atoms with van der Waals surface area (Å²) in [6.07, 6.45) is 3.66. The average molecular weight is 364 g/mol. The molecule has 1 aromatic carbocycles. The Balaban J connectivity index is 1.74. The molecule has 0 unspecified atom stereocenters. The SMILES string of the molecule is COC1(c2cnc(Sc3ccc(/C(C)=N/O)cc3)s2)CCOCC1. The van der Waals surface area contributed by atoms with Gasteiger partial charge in [0.2, 0.25) is 0 Å². The molecule has 2 heterocycles. The van der Waals surface area contributed by atoms with E-state index in [1.165, 1.54) is 0 Å². The minimum absolute atomic E-state index is 0.257. The van der Waals surface area contributed by atoms with Crippen molar-refractivity contribution in [2.24, 2.45) is 5.16 Å². The minimum Gasteiger partial charge on any atom is -0.411 e. The van der Waals surface area contributed by atoms with Crippen molar-refractivity contribution in [1.82, 2.24) is 4.98 Å². The van der Waals surface area contributed by atoms with Gasteiger partial charge in [-0.05, 0) is 24.6 Å². The van der Waals surface area contributed by atoms with Gasteiger partial charge in [0.25, 0.3) is 0 Å². The molecule has 1 aliphatic rings.